The van der Waals surface area contributed by atoms with Gasteiger partial charge in [0.1, 0.15) is 24.0 Å². The molecular weight excluding hydrogens is 506 g/mol. The Bertz CT molecular complexity index is 1700. The summed E-state index contributed by atoms with van der Waals surface area (Å²) < 4.78 is 32.8. The third kappa shape index (κ3) is 5.49. The van der Waals surface area contributed by atoms with Gasteiger partial charge in [-0.2, -0.15) is 24.2 Å². The van der Waals surface area contributed by atoms with E-state index in [1.165, 1.54) is 4.68 Å². The van der Waals surface area contributed by atoms with Crippen LogP contribution >= 0.6 is 0 Å². The van der Waals surface area contributed by atoms with E-state index in [1.54, 1.807) is 36.0 Å². The molecule has 4 heterocycles. The maximum atomic E-state index is 12.5. The Kier molecular flexibility index (Phi) is 6.83. The molecule has 13 heteroatoms. The average molecular weight is 529 g/mol. The quantitative estimate of drug-likeness (QED) is 0.259. The molecule has 39 heavy (non-hydrogen) atoms. The minimum atomic E-state index is -2.97. The van der Waals surface area contributed by atoms with Gasteiger partial charge in [0.15, 0.2) is 17.3 Å². The van der Waals surface area contributed by atoms with Crippen molar-refractivity contribution in [3.8, 4) is 17.7 Å². The van der Waals surface area contributed by atoms with Crippen LogP contribution in [0.25, 0.3) is 22.7 Å². The van der Waals surface area contributed by atoms with E-state index in [2.05, 4.69) is 42.2 Å². The fraction of sp³-hybridized carbons (Fsp3) is 0.154. The number of benzene rings is 1. The first-order valence-electron chi connectivity index (χ1n) is 11.7. The number of ether oxygens (including phenoxy) is 1. The van der Waals surface area contributed by atoms with E-state index in [-0.39, 0.29) is 18.0 Å². The summed E-state index contributed by atoms with van der Waals surface area (Å²) >= 11 is 0. The minimum Gasteiger partial charge on any atom is -0.438 e. The van der Waals surface area contributed by atoms with Gasteiger partial charge in [-0.1, -0.05) is 6.58 Å². The van der Waals surface area contributed by atoms with Crippen LogP contribution in [0.4, 0.5) is 26.0 Å². The van der Waals surface area contributed by atoms with Gasteiger partial charge >= 0.3 is 6.61 Å². The molecule has 0 radical (unpaired) electrons. The highest BCUT2D eigenvalue weighted by molar-refractivity contribution is 5.82. The van der Waals surface area contributed by atoms with Gasteiger partial charge in [-0.05, 0) is 62.4 Å². The number of aromatic nitrogens is 7. The number of imidazole rings is 1. The number of hydrogen-bond acceptors (Lipinski definition) is 9. The summed E-state index contributed by atoms with van der Waals surface area (Å²) in [6.07, 6.45) is 1.65. The standard InChI is InChI=1S/C26H22F2N10O/c1-15-4-8-23(35-34-15)32-18-5-7-22-21(11-18)31-14-37(22)24-9-6-20(30-13-17(3)39-26(27)28)25(33-24)38-16(2)10-19(12-29)36-38/h4-11,14,26,30H,3,13H2,1-2H3,(H,32,35). The highest BCUT2D eigenvalue weighted by atomic mass is 19.3. The lowest BCUT2D eigenvalue weighted by atomic mass is 10.2. The zero-order chi connectivity index (χ0) is 27.5. The predicted molar refractivity (Wildman–Crippen MR) is 140 cm³/mol. The first-order chi connectivity index (χ1) is 18.8. The summed E-state index contributed by atoms with van der Waals surface area (Å²) in [7, 11) is 0. The Morgan fingerprint density at radius 1 is 1.13 bits per heavy atom. The number of nitriles is 1. The van der Waals surface area contributed by atoms with E-state index in [4.69, 9.17) is 4.98 Å². The van der Waals surface area contributed by atoms with Crippen LogP contribution in [-0.4, -0.2) is 47.7 Å². The zero-order valence-electron chi connectivity index (χ0n) is 20.9. The summed E-state index contributed by atoms with van der Waals surface area (Å²) in [6.45, 7) is 4.09. The second kappa shape index (κ2) is 10.5. The molecule has 0 fully saturated rings. The fourth-order valence-corrected chi connectivity index (χ4v) is 3.86. The Morgan fingerprint density at radius 3 is 2.69 bits per heavy atom. The molecule has 0 amide bonds. The molecule has 0 unspecified atom stereocenters. The largest absolute Gasteiger partial charge is 0.438 e. The molecule has 0 aliphatic carbocycles. The molecule has 4 aromatic heterocycles. The number of aryl methyl sites for hydroxylation is 2. The smallest absolute Gasteiger partial charge is 0.387 e. The van der Waals surface area contributed by atoms with Gasteiger partial charge in [0.25, 0.3) is 0 Å². The van der Waals surface area contributed by atoms with Gasteiger partial charge in [0.2, 0.25) is 0 Å². The number of hydrogen-bond donors (Lipinski definition) is 2. The lowest BCUT2D eigenvalue weighted by Crippen LogP contribution is -2.14. The SMILES string of the molecule is C=C(CNc1ccc(-n2cnc3cc(Nc4ccc(C)nn4)ccc32)nc1-n1nc(C#N)cc1C)OC(F)F. The summed E-state index contributed by atoms with van der Waals surface area (Å²) in [6, 6.07) is 16.5. The van der Waals surface area contributed by atoms with Crippen LogP contribution in [0.3, 0.4) is 0 Å². The van der Waals surface area contributed by atoms with Crippen LogP contribution < -0.4 is 10.6 Å². The van der Waals surface area contributed by atoms with E-state index >= 15 is 0 Å². The lowest BCUT2D eigenvalue weighted by molar-refractivity contribution is -0.0955. The van der Waals surface area contributed by atoms with Gasteiger partial charge in [-0.25, -0.2) is 14.6 Å². The number of pyridine rings is 1. The molecule has 11 nitrogen and oxygen atoms in total. The van der Waals surface area contributed by atoms with Crippen LogP contribution in [-0.2, 0) is 4.74 Å². The number of nitrogens with one attached hydrogen (secondary N) is 2. The van der Waals surface area contributed by atoms with Gasteiger partial charge in [-0.3, -0.25) is 4.57 Å². The maximum Gasteiger partial charge on any atom is 0.387 e. The molecule has 5 rings (SSSR count). The van der Waals surface area contributed by atoms with Crippen molar-refractivity contribution in [3.63, 3.8) is 0 Å². The number of nitrogens with zero attached hydrogens (tertiary/aromatic N) is 8. The fourth-order valence-electron chi connectivity index (χ4n) is 3.86. The molecule has 0 atom stereocenters. The summed E-state index contributed by atoms with van der Waals surface area (Å²) in [5.41, 5.74) is 4.47. The Balaban J connectivity index is 1.49. The van der Waals surface area contributed by atoms with Gasteiger partial charge in [0, 0.05) is 11.4 Å². The topological polar surface area (TPSA) is 131 Å². The molecule has 0 saturated carbocycles. The van der Waals surface area contributed by atoms with Gasteiger partial charge < -0.3 is 15.4 Å². The highest BCUT2D eigenvalue weighted by Gasteiger charge is 2.16. The van der Waals surface area contributed by atoms with E-state index in [9.17, 15) is 14.0 Å². The Morgan fingerprint density at radius 2 is 1.97 bits per heavy atom. The molecule has 0 aliphatic rings. The highest BCUT2D eigenvalue weighted by Crippen LogP contribution is 2.26. The monoisotopic (exact) mass is 528 g/mol. The molecule has 0 aliphatic heterocycles. The molecule has 0 saturated heterocycles. The van der Waals surface area contributed by atoms with Crippen molar-refractivity contribution in [1.82, 2.24) is 34.5 Å². The van der Waals surface area contributed by atoms with E-state index < -0.39 is 6.61 Å². The van der Waals surface area contributed by atoms with E-state index in [0.29, 0.717) is 34.4 Å². The normalized spacial score (nSPS) is 11.0. The third-order valence-corrected chi connectivity index (χ3v) is 5.66. The van der Waals surface area contributed by atoms with Crippen molar-refractivity contribution in [1.29, 1.82) is 5.26 Å². The second-order valence-electron chi connectivity index (χ2n) is 8.51. The number of anilines is 3. The van der Waals surface area contributed by atoms with Crippen LogP contribution in [0.15, 0.2) is 67.2 Å². The minimum absolute atomic E-state index is 0.0844. The van der Waals surface area contributed by atoms with E-state index in [0.717, 1.165) is 16.9 Å². The van der Waals surface area contributed by atoms with Gasteiger partial charge in [0.05, 0.1) is 29.0 Å². The first-order valence-corrected chi connectivity index (χ1v) is 11.7. The number of halogens is 2. The number of rotatable bonds is 9. The van der Waals surface area contributed by atoms with Crippen molar-refractivity contribution in [2.75, 3.05) is 17.2 Å². The number of alkyl halides is 2. The Labute approximate surface area is 221 Å². The molecule has 0 bridgehead atoms. The molecule has 5 aromatic rings. The summed E-state index contributed by atoms with van der Waals surface area (Å²) in [5, 5.41) is 28.0. The van der Waals surface area contributed by atoms with Crippen molar-refractivity contribution in [3.05, 3.63) is 84.3 Å². The maximum absolute atomic E-state index is 12.5. The van der Waals surface area contributed by atoms with Crippen LogP contribution in [0.1, 0.15) is 17.1 Å². The van der Waals surface area contributed by atoms with Crippen molar-refractivity contribution >= 4 is 28.2 Å². The van der Waals surface area contributed by atoms with Crippen LogP contribution in [0.5, 0.6) is 0 Å². The Hall–Kier alpha value is -5.38. The summed E-state index contributed by atoms with van der Waals surface area (Å²) in [5.74, 6) is 1.35. The van der Waals surface area contributed by atoms with Crippen molar-refractivity contribution in [2.45, 2.75) is 20.5 Å². The summed E-state index contributed by atoms with van der Waals surface area (Å²) in [4.78, 5) is 9.31. The number of fused-ring (bicyclic) bond motifs is 1. The van der Waals surface area contributed by atoms with Crippen LogP contribution in [0, 0.1) is 25.2 Å². The molecular formula is C26H22F2N10O. The zero-order valence-corrected chi connectivity index (χ0v) is 20.9. The van der Waals surface area contributed by atoms with Gasteiger partial charge in [-0.15, -0.1) is 5.10 Å². The molecule has 0 spiro atoms. The molecule has 2 N–H and O–H groups in total. The second-order valence-corrected chi connectivity index (χ2v) is 8.51. The van der Waals surface area contributed by atoms with E-state index in [1.807, 2.05) is 43.3 Å². The third-order valence-electron chi connectivity index (χ3n) is 5.66. The van der Waals surface area contributed by atoms with Crippen molar-refractivity contribution in [2.24, 2.45) is 0 Å². The molecule has 196 valence electrons. The van der Waals surface area contributed by atoms with Crippen LogP contribution in [0.2, 0.25) is 0 Å². The average Bonchev–Trinajstić information content (AvgIpc) is 3.51. The first kappa shape index (κ1) is 25.3. The lowest BCUT2D eigenvalue weighted by Gasteiger charge is -2.15. The predicted octanol–water partition coefficient (Wildman–Crippen LogP) is 4.79. The van der Waals surface area contributed by atoms with Crippen molar-refractivity contribution < 1.29 is 13.5 Å². The molecule has 1 aromatic carbocycles.